The summed E-state index contributed by atoms with van der Waals surface area (Å²) in [6, 6.07) is 2.80. The van der Waals surface area contributed by atoms with Crippen LogP contribution >= 0.6 is 0 Å². The molecule has 0 saturated heterocycles. The predicted molar refractivity (Wildman–Crippen MR) is 111 cm³/mol. The molecule has 1 unspecified atom stereocenters. The highest BCUT2D eigenvalue weighted by atomic mass is 19.4. The molecule has 0 aromatic heterocycles. The summed E-state index contributed by atoms with van der Waals surface area (Å²) < 4.78 is 47.8. The molecule has 1 aromatic rings. The third-order valence-electron chi connectivity index (χ3n) is 4.55. The lowest BCUT2D eigenvalue weighted by Crippen LogP contribution is -2.43. The molecular formula is C20H29F3N4O3. The molecule has 0 bridgehead atoms. The first-order chi connectivity index (χ1) is 14.1. The highest BCUT2D eigenvalue weighted by molar-refractivity contribution is 5.83. The molecule has 0 N–H and O–H groups in total. The molecule has 0 aliphatic rings. The normalized spacial score (nSPS) is 14.6. The summed E-state index contributed by atoms with van der Waals surface area (Å²) in [5.74, 6) is 0. The van der Waals surface area contributed by atoms with Gasteiger partial charge in [0.2, 0.25) is 5.54 Å². The van der Waals surface area contributed by atoms with Gasteiger partial charge in [0.05, 0.1) is 24.3 Å². The highest BCUT2D eigenvalue weighted by Gasteiger charge is 2.59. The van der Waals surface area contributed by atoms with Gasteiger partial charge in [0, 0.05) is 27.1 Å². The minimum Gasteiger partial charge on any atom is -0.396 e. The number of methoxy groups -OCH3 is 1. The SMILES string of the molecule is CCO/N=C(\C)CC(N=O)(c1cc(C)c(/N=C/N(C)CC)cc1COC)C(F)(F)F. The van der Waals surface area contributed by atoms with Gasteiger partial charge in [-0.05, 0) is 55.6 Å². The maximum atomic E-state index is 14.2. The minimum absolute atomic E-state index is 0.00135. The molecule has 0 fully saturated rings. The zero-order valence-electron chi connectivity index (χ0n) is 18.2. The lowest BCUT2D eigenvalue weighted by atomic mass is 9.81. The Morgan fingerprint density at radius 2 is 1.93 bits per heavy atom. The van der Waals surface area contributed by atoms with E-state index in [-0.39, 0.29) is 30.1 Å². The fourth-order valence-corrected chi connectivity index (χ4v) is 2.84. The third-order valence-corrected chi connectivity index (χ3v) is 4.55. The minimum atomic E-state index is -4.96. The van der Waals surface area contributed by atoms with Crippen LogP contribution in [0, 0.1) is 11.8 Å². The monoisotopic (exact) mass is 430 g/mol. The Kier molecular flexibility index (Phi) is 9.41. The summed E-state index contributed by atoms with van der Waals surface area (Å²) in [6.07, 6.45) is -4.14. The van der Waals surface area contributed by atoms with Gasteiger partial charge in [0.15, 0.2) is 0 Å². The van der Waals surface area contributed by atoms with Gasteiger partial charge in [-0.15, -0.1) is 4.91 Å². The van der Waals surface area contributed by atoms with E-state index in [2.05, 4.69) is 15.3 Å². The Labute approximate surface area is 174 Å². The number of benzene rings is 1. The molecule has 0 amide bonds. The number of nitrogens with zero attached hydrogens (tertiary/aromatic N) is 4. The summed E-state index contributed by atoms with van der Waals surface area (Å²) in [6.45, 7) is 7.36. The molecule has 0 radical (unpaired) electrons. The summed E-state index contributed by atoms with van der Waals surface area (Å²) >= 11 is 0. The quantitative estimate of drug-likeness (QED) is 0.212. The molecule has 0 aliphatic carbocycles. The molecule has 0 saturated carbocycles. The predicted octanol–water partition coefficient (Wildman–Crippen LogP) is 5.08. The molecule has 1 rings (SSSR count). The van der Waals surface area contributed by atoms with Crippen LogP contribution in [0.15, 0.2) is 27.5 Å². The summed E-state index contributed by atoms with van der Waals surface area (Å²) in [5, 5.41) is 6.24. The van der Waals surface area contributed by atoms with Crippen LogP contribution in [0.2, 0.25) is 0 Å². The first-order valence-corrected chi connectivity index (χ1v) is 9.50. The molecule has 7 nitrogen and oxygen atoms in total. The molecule has 10 heteroatoms. The average molecular weight is 430 g/mol. The van der Waals surface area contributed by atoms with Crippen molar-refractivity contribution in [2.75, 3.05) is 27.3 Å². The van der Waals surface area contributed by atoms with Crippen LogP contribution in [0.1, 0.15) is 43.9 Å². The van der Waals surface area contributed by atoms with E-state index in [1.165, 1.54) is 26.2 Å². The fourth-order valence-electron chi connectivity index (χ4n) is 2.84. The number of aliphatic imine (C=N–C) groups is 1. The van der Waals surface area contributed by atoms with Gasteiger partial charge in [-0.25, -0.2) is 4.99 Å². The van der Waals surface area contributed by atoms with E-state index in [4.69, 9.17) is 9.57 Å². The number of ether oxygens (including phenoxy) is 1. The standard InChI is InChI=1S/C20H29F3N4O3/c1-7-27(5)13-24-18-10-16(12-29-6)17(9-14(18)3)19(26-28,20(21,22)23)11-15(4)25-30-8-2/h9-10,13H,7-8,11-12H2,1-6H3/b24-13+,25-15+. The molecular weight excluding hydrogens is 401 g/mol. The number of hydrogen-bond acceptors (Lipinski definition) is 6. The van der Waals surface area contributed by atoms with E-state index in [1.807, 2.05) is 18.9 Å². The fraction of sp³-hybridized carbons (Fsp3) is 0.600. The first-order valence-electron chi connectivity index (χ1n) is 9.50. The van der Waals surface area contributed by atoms with Crippen molar-refractivity contribution in [3.63, 3.8) is 0 Å². The van der Waals surface area contributed by atoms with E-state index < -0.39 is 18.1 Å². The van der Waals surface area contributed by atoms with Crippen LogP contribution < -0.4 is 0 Å². The van der Waals surface area contributed by atoms with Crippen molar-refractivity contribution in [3.05, 3.63) is 33.7 Å². The van der Waals surface area contributed by atoms with E-state index in [0.29, 0.717) is 11.3 Å². The van der Waals surface area contributed by atoms with Gasteiger partial charge in [-0.3, -0.25) is 0 Å². The van der Waals surface area contributed by atoms with E-state index in [0.717, 1.165) is 6.54 Å². The number of halogens is 3. The molecule has 0 aliphatic heterocycles. The number of nitroso groups, excluding NO2 is 1. The van der Waals surface area contributed by atoms with Gasteiger partial charge < -0.3 is 14.5 Å². The Hall–Kier alpha value is -2.49. The lowest BCUT2D eigenvalue weighted by molar-refractivity contribution is -0.187. The molecule has 0 heterocycles. The third kappa shape index (κ3) is 6.01. The van der Waals surface area contributed by atoms with Crippen molar-refractivity contribution in [1.82, 2.24) is 4.90 Å². The van der Waals surface area contributed by atoms with Crippen LogP contribution in [0.3, 0.4) is 0 Å². The largest absolute Gasteiger partial charge is 0.421 e. The van der Waals surface area contributed by atoms with Crippen LogP contribution in [-0.4, -0.2) is 50.4 Å². The number of rotatable bonds is 11. The first kappa shape index (κ1) is 25.5. The van der Waals surface area contributed by atoms with Crippen molar-refractivity contribution in [2.45, 2.75) is 52.4 Å². The van der Waals surface area contributed by atoms with Gasteiger partial charge in [-0.2, -0.15) is 13.2 Å². The zero-order valence-corrected chi connectivity index (χ0v) is 18.2. The average Bonchev–Trinajstić information content (AvgIpc) is 2.69. The topological polar surface area (TPSA) is 75.9 Å². The smallest absolute Gasteiger partial charge is 0.396 e. The van der Waals surface area contributed by atoms with Crippen molar-refractivity contribution < 1.29 is 22.7 Å². The van der Waals surface area contributed by atoms with E-state index in [1.54, 1.807) is 20.2 Å². The number of oxime groups is 1. The van der Waals surface area contributed by atoms with E-state index in [9.17, 15) is 18.1 Å². The van der Waals surface area contributed by atoms with Gasteiger partial charge in [0.1, 0.15) is 6.61 Å². The molecule has 0 spiro atoms. The Morgan fingerprint density at radius 3 is 2.43 bits per heavy atom. The van der Waals surface area contributed by atoms with Crippen LogP contribution in [-0.2, 0) is 21.7 Å². The summed E-state index contributed by atoms with van der Waals surface area (Å²) in [5.41, 5.74) is -2.18. The number of alkyl halides is 3. The Bertz CT molecular complexity index is 781. The van der Waals surface area contributed by atoms with Crippen molar-refractivity contribution in [2.24, 2.45) is 15.3 Å². The maximum absolute atomic E-state index is 14.2. The van der Waals surface area contributed by atoms with Crippen molar-refractivity contribution in [1.29, 1.82) is 0 Å². The van der Waals surface area contributed by atoms with Gasteiger partial charge in [-0.1, -0.05) is 11.2 Å². The maximum Gasteiger partial charge on any atom is 0.421 e. The Morgan fingerprint density at radius 1 is 1.27 bits per heavy atom. The summed E-state index contributed by atoms with van der Waals surface area (Å²) in [7, 11) is 3.19. The Balaban J connectivity index is 3.68. The van der Waals surface area contributed by atoms with Crippen LogP contribution in [0.5, 0.6) is 0 Å². The molecule has 1 aromatic carbocycles. The lowest BCUT2D eigenvalue weighted by Gasteiger charge is -2.31. The van der Waals surface area contributed by atoms with Gasteiger partial charge in [0.25, 0.3) is 0 Å². The number of aryl methyl sites for hydroxylation is 1. The van der Waals surface area contributed by atoms with E-state index >= 15 is 0 Å². The summed E-state index contributed by atoms with van der Waals surface area (Å²) in [4.78, 5) is 22.8. The zero-order chi connectivity index (χ0) is 22.9. The van der Waals surface area contributed by atoms with Crippen molar-refractivity contribution in [3.8, 4) is 0 Å². The molecule has 1 atom stereocenters. The van der Waals surface area contributed by atoms with Gasteiger partial charge >= 0.3 is 6.18 Å². The molecule has 168 valence electrons. The second-order valence-corrected chi connectivity index (χ2v) is 6.92. The van der Waals surface area contributed by atoms with Crippen molar-refractivity contribution >= 4 is 17.7 Å². The second kappa shape index (κ2) is 11.1. The van der Waals surface area contributed by atoms with Crippen LogP contribution in [0.25, 0.3) is 0 Å². The molecule has 30 heavy (non-hydrogen) atoms. The van der Waals surface area contributed by atoms with Crippen LogP contribution in [0.4, 0.5) is 18.9 Å². The highest BCUT2D eigenvalue weighted by Crippen LogP contribution is 2.47. The second-order valence-electron chi connectivity index (χ2n) is 6.92. The number of hydrogen-bond donors (Lipinski definition) is 0.